The summed E-state index contributed by atoms with van der Waals surface area (Å²) in [5.74, 6) is 3.87. The summed E-state index contributed by atoms with van der Waals surface area (Å²) in [4.78, 5) is 13.6. The zero-order chi connectivity index (χ0) is 35.5. The summed E-state index contributed by atoms with van der Waals surface area (Å²) >= 11 is 0. The molecule has 50 heavy (non-hydrogen) atoms. The fraction of sp³-hybridized carbons (Fsp3) is 0.533. The highest BCUT2D eigenvalue weighted by atomic mass is 28.4. The van der Waals surface area contributed by atoms with E-state index in [-0.39, 0.29) is 33.8 Å². The van der Waals surface area contributed by atoms with Crippen LogP contribution in [0.5, 0.6) is 11.5 Å². The average molecular weight is 691 g/mol. The second-order valence-corrected chi connectivity index (χ2v) is 21.7. The molecule has 3 aromatic rings. The molecule has 0 bridgehead atoms. The van der Waals surface area contributed by atoms with Crippen LogP contribution in [0.1, 0.15) is 98.0 Å². The Labute approximate surface area is 302 Å². The molecular formula is C45H58O4Si. The first-order valence-electron chi connectivity index (χ1n) is 19.1. The minimum absolute atomic E-state index is 0.0109. The van der Waals surface area contributed by atoms with Gasteiger partial charge in [-0.15, -0.1) is 0 Å². The van der Waals surface area contributed by atoms with E-state index in [0.717, 1.165) is 55.6 Å². The normalized spacial score (nSPS) is 32.3. The second-order valence-electron chi connectivity index (χ2n) is 17.5. The first-order valence-corrected chi connectivity index (χ1v) is 21.0. The predicted molar refractivity (Wildman–Crippen MR) is 206 cm³/mol. The summed E-state index contributed by atoms with van der Waals surface area (Å²) in [5.41, 5.74) is 2.92. The third kappa shape index (κ3) is 5.53. The Hall–Kier alpha value is -3.15. The molecule has 4 aliphatic carbocycles. The minimum atomic E-state index is -2.63. The van der Waals surface area contributed by atoms with E-state index in [2.05, 4.69) is 107 Å². The standard InChI is InChI=1S/C45H58O4Si/c1-30(46)42-38(37-28-32(47-7)20-22-41(37)48-8)29-40-36-21-19-31-27-33(23-25-44(31,5)39(36)24-26-45(40,42)6)49-50(43(2,3)4,34-15-11-9-12-16-34)35-17-13-10-14-18-35/h9-20,22,28,33,36,38-40,42H,21,23-27,29H2,1-8H3/t33-,36+,38-,39-,40-,42-,44-,45-/m0/s1. The molecule has 8 atom stereocenters. The van der Waals surface area contributed by atoms with Gasteiger partial charge in [0.15, 0.2) is 0 Å². The third-order valence-corrected chi connectivity index (χ3v) is 19.2. The first kappa shape index (κ1) is 35.3. The van der Waals surface area contributed by atoms with Gasteiger partial charge < -0.3 is 13.9 Å². The predicted octanol–water partition coefficient (Wildman–Crippen LogP) is 9.51. The number of methoxy groups -OCH3 is 2. The molecule has 0 N–H and O–H groups in total. The van der Waals surface area contributed by atoms with Crippen molar-refractivity contribution in [2.24, 2.45) is 34.5 Å². The van der Waals surface area contributed by atoms with Crippen molar-refractivity contribution in [2.45, 2.75) is 104 Å². The van der Waals surface area contributed by atoms with Crippen LogP contribution in [0, 0.1) is 34.5 Å². The van der Waals surface area contributed by atoms with Crippen LogP contribution in [-0.2, 0) is 9.22 Å². The van der Waals surface area contributed by atoms with Gasteiger partial charge >= 0.3 is 0 Å². The molecule has 4 aliphatic rings. The lowest BCUT2D eigenvalue weighted by molar-refractivity contribution is -0.128. The van der Waals surface area contributed by atoms with Crippen molar-refractivity contribution in [1.82, 2.24) is 0 Å². The summed E-state index contributed by atoms with van der Waals surface area (Å²) < 4.78 is 19.3. The third-order valence-electron chi connectivity index (χ3n) is 14.2. The molecule has 0 amide bonds. The molecule has 5 heteroatoms. The topological polar surface area (TPSA) is 44.8 Å². The van der Waals surface area contributed by atoms with Crippen LogP contribution in [0.15, 0.2) is 90.5 Å². The zero-order valence-electron chi connectivity index (χ0n) is 31.6. The number of carbonyl (C=O) groups excluding carboxylic acids is 1. The van der Waals surface area contributed by atoms with E-state index in [4.69, 9.17) is 13.9 Å². The molecule has 0 unspecified atom stereocenters. The highest BCUT2D eigenvalue weighted by Crippen LogP contribution is 2.69. The fourth-order valence-corrected chi connectivity index (χ4v) is 16.6. The molecule has 0 aromatic heterocycles. The van der Waals surface area contributed by atoms with E-state index in [9.17, 15) is 4.79 Å². The van der Waals surface area contributed by atoms with Crippen molar-refractivity contribution < 1.29 is 18.7 Å². The van der Waals surface area contributed by atoms with Crippen LogP contribution in [0.2, 0.25) is 5.04 Å². The van der Waals surface area contributed by atoms with Crippen molar-refractivity contribution in [1.29, 1.82) is 0 Å². The largest absolute Gasteiger partial charge is 0.497 e. The number of fused-ring (bicyclic) bond motifs is 5. The van der Waals surface area contributed by atoms with Crippen molar-refractivity contribution >= 4 is 24.5 Å². The van der Waals surface area contributed by atoms with Gasteiger partial charge in [0.2, 0.25) is 0 Å². The summed E-state index contributed by atoms with van der Waals surface area (Å²) in [6.07, 6.45) is 10.5. The minimum Gasteiger partial charge on any atom is -0.497 e. The van der Waals surface area contributed by atoms with Gasteiger partial charge in [0.1, 0.15) is 17.3 Å². The van der Waals surface area contributed by atoms with Gasteiger partial charge in [0, 0.05) is 17.6 Å². The van der Waals surface area contributed by atoms with Gasteiger partial charge in [-0.3, -0.25) is 4.79 Å². The SMILES string of the molecule is COc1ccc(OC)c([C@@H]2C[C@H]3[C@@H]4CC=C5C[C@@H](O[Si](c6ccccc6)(c6ccccc6)C(C)(C)C)CC[C@]5(C)[C@H]4CC[C@]3(C)[C@H]2C(C)=O)c1. The van der Waals surface area contributed by atoms with E-state index in [0.29, 0.717) is 23.5 Å². The lowest BCUT2D eigenvalue weighted by Gasteiger charge is -2.58. The quantitative estimate of drug-likeness (QED) is 0.175. The lowest BCUT2D eigenvalue weighted by Crippen LogP contribution is -2.68. The molecule has 4 nitrogen and oxygen atoms in total. The molecule has 0 aliphatic heterocycles. The number of rotatable bonds is 8. The maximum absolute atomic E-state index is 13.6. The highest BCUT2D eigenvalue weighted by Gasteiger charge is 2.63. The number of hydrogen-bond acceptors (Lipinski definition) is 4. The van der Waals surface area contributed by atoms with Crippen LogP contribution in [0.3, 0.4) is 0 Å². The van der Waals surface area contributed by atoms with Crippen LogP contribution in [0.4, 0.5) is 0 Å². The molecule has 7 rings (SSSR count). The van der Waals surface area contributed by atoms with Crippen molar-refractivity contribution in [3.63, 3.8) is 0 Å². The zero-order valence-corrected chi connectivity index (χ0v) is 32.6. The number of hydrogen-bond donors (Lipinski definition) is 0. The maximum Gasteiger partial charge on any atom is 0.261 e. The van der Waals surface area contributed by atoms with Crippen molar-refractivity contribution in [2.75, 3.05) is 14.2 Å². The average Bonchev–Trinajstić information content (AvgIpc) is 3.44. The van der Waals surface area contributed by atoms with Crippen LogP contribution in [-0.4, -0.2) is 34.4 Å². The first-order chi connectivity index (χ1) is 23.9. The summed E-state index contributed by atoms with van der Waals surface area (Å²) in [6, 6.07) is 28.3. The fourth-order valence-electron chi connectivity index (χ4n) is 11.9. The van der Waals surface area contributed by atoms with Gasteiger partial charge in [-0.2, -0.15) is 0 Å². The Morgan fingerprint density at radius 3 is 2.08 bits per heavy atom. The van der Waals surface area contributed by atoms with E-state index in [1.807, 2.05) is 19.1 Å². The number of carbonyl (C=O) groups is 1. The Morgan fingerprint density at radius 2 is 1.50 bits per heavy atom. The van der Waals surface area contributed by atoms with Crippen LogP contribution in [0.25, 0.3) is 0 Å². The Bertz CT molecular complexity index is 1690. The lowest BCUT2D eigenvalue weighted by atomic mass is 9.47. The number of benzene rings is 3. The van der Waals surface area contributed by atoms with Gasteiger partial charge in [-0.1, -0.05) is 107 Å². The van der Waals surface area contributed by atoms with Gasteiger partial charge in [0.05, 0.1) is 14.2 Å². The molecule has 3 fully saturated rings. The number of allylic oxidation sites excluding steroid dienone is 1. The molecule has 0 saturated heterocycles. The molecule has 3 aromatic carbocycles. The number of Topliss-reactive ketones (excluding diaryl/α,β-unsaturated/α-hetero) is 1. The molecule has 0 spiro atoms. The molecular weight excluding hydrogens is 633 g/mol. The van der Waals surface area contributed by atoms with E-state index < -0.39 is 8.32 Å². The monoisotopic (exact) mass is 690 g/mol. The van der Waals surface area contributed by atoms with Gasteiger partial charge in [0.25, 0.3) is 8.32 Å². The molecule has 266 valence electrons. The Morgan fingerprint density at radius 1 is 0.840 bits per heavy atom. The number of ether oxygens (including phenoxy) is 2. The Balaban J connectivity index is 1.20. The molecule has 3 saturated carbocycles. The smallest absolute Gasteiger partial charge is 0.261 e. The summed E-state index contributed by atoms with van der Waals surface area (Å²) in [5, 5.41) is 2.69. The maximum atomic E-state index is 13.6. The van der Waals surface area contributed by atoms with Gasteiger partial charge in [-0.25, -0.2) is 0 Å². The highest BCUT2D eigenvalue weighted by molar-refractivity contribution is 6.99. The second kappa shape index (κ2) is 13.1. The molecule has 0 radical (unpaired) electrons. The van der Waals surface area contributed by atoms with Crippen LogP contribution >= 0.6 is 0 Å². The summed E-state index contributed by atoms with van der Waals surface area (Å²) in [6.45, 7) is 14.0. The number of ketones is 1. The van der Waals surface area contributed by atoms with E-state index in [1.165, 1.54) is 16.8 Å². The summed E-state index contributed by atoms with van der Waals surface area (Å²) in [7, 11) is 0.832. The molecule has 0 heterocycles. The van der Waals surface area contributed by atoms with Crippen molar-refractivity contribution in [3.05, 3.63) is 96.1 Å². The van der Waals surface area contributed by atoms with Crippen LogP contribution < -0.4 is 19.8 Å². The van der Waals surface area contributed by atoms with Crippen molar-refractivity contribution in [3.8, 4) is 11.5 Å². The Kier molecular flexibility index (Phi) is 9.25. The van der Waals surface area contributed by atoms with E-state index in [1.54, 1.807) is 19.8 Å². The van der Waals surface area contributed by atoms with Gasteiger partial charge in [-0.05, 0) is 120 Å². The van der Waals surface area contributed by atoms with E-state index >= 15 is 0 Å².